The van der Waals surface area contributed by atoms with E-state index >= 15 is 0 Å². The van der Waals surface area contributed by atoms with Gasteiger partial charge in [-0.15, -0.1) is 0 Å². The molecule has 4 heterocycles. The molecule has 0 aromatic carbocycles. The van der Waals surface area contributed by atoms with Crippen LogP contribution in [0.25, 0.3) is 11.0 Å². The second-order valence-corrected chi connectivity index (χ2v) is 6.34. The number of fused-ring (bicyclic) bond motifs is 1. The summed E-state index contributed by atoms with van der Waals surface area (Å²) in [7, 11) is 0. The maximum absolute atomic E-state index is 12.3. The number of aromatic nitrogens is 3. The first-order chi connectivity index (χ1) is 12.1. The maximum Gasteiger partial charge on any atom is 0.260 e. The molecule has 0 aliphatic carbocycles. The minimum Gasteiger partial charge on any atom is -0.472 e. The number of nitrogens with zero attached hydrogens (tertiary/aromatic N) is 3. The molecule has 1 saturated heterocycles. The zero-order chi connectivity index (χ0) is 17.4. The number of ether oxygens (including phenoxy) is 1. The highest BCUT2D eigenvalue weighted by molar-refractivity contribution is 6.08. The molecule has 7 nitrogen and oxygen atoms in total. The fourth-order valence-electron chi connectivity index (χ4n) is 3.35. The molecule has 3 aromatic rings. The van der Waals surface area contributed by atoms with Crippen molar-refractivity contribution in [2.75, 3.05) is 11.9 Å². The first kappa shape index (κ1) is 15.8. The van der Waals surface area contributed by atoms with Crippen molar-refractivity contribution in [3.8, 4) is 0 Å². The van der Waals surface area contributed by atoms with Crippen LogP contribution in [0.4, 0.5) is 5.82 Å². The fraction of sp³-hybridized carbons (Fsp3) is 0.389. The molecule has 3 aromatic heterocycles. The number of aryl methyl sites for hydroxylation is 1. The average Bonchev–Trinajstić information content (AvgIpc) is 3.34. The van der Waals surface area contributed by atoms with Crippen LogP contribution in [-0.2, 0) is 11.3 Å². The van der Waals surface area contributed by atoms with E-state index in [1.807, 2.05) is 6.92 Å². The molecule has 1 aliphatic rings. The average molecular weight is 340 g/mol. The smallest absolute Gasteiger partial charge is 0.260 e. The van der Waals surface area contributed by atoms with Crippen molar-refractivity contribution >= 4 is 22.8 Å². The lowest BCUT2D eigenvalue weighted by Crippen LogP contribution is -2.16. The molecule has 0 radical (unpaired) electrons. The van der Waals surface area contributed by atoms with Gasteiger partial charge in [0, 0.05) is 12.3 Å². The summed E-state index contributed by atoms with van der Waals surface area (Å²) in [5.74, 6) is 0.264. The second kappa shape index (κ2) is 6.33. The van der Waals surface area contributed by atoms with Gasteiger partial charge in [-0.1, -0.05) is 0 Å². The standard InChI is InChI=1S/C18H20N4O3/c1-11-12(2)22(8-14-4-3-6-25-14)17-15(11)16(19-10-20-17)21-18(23)13-5-7-24-9-13/h5,7,9-10,14H,3-4,6,8H2,1-2H3,(H,19,20,21,23). The predicted molar refractivity (Wildman–Crippen MR) is 92.6 cm³/mol. The number of furan rings is 1. The number of carbonyl (C=O) groups excluding carboxylic acids is 1. The van der Waals surface area contributed by atoms with Crippen LogP contribution in [0.1, 0.15) is 34.5 Å². The summed E-state index contributed by atoms with van der Waals surface area (Å²) in [5.41, 5.74) is 3.46. The quantitative estimate of drug-likeness (QED) is 0.789. The summed E-state index contributed by atoms with van der Waals surface area (Å²) in [6.45, 7) is 5.68. The van der Waals surface area contributed by atoms with E-state index in [1.165, 1.54) is 18.9 Å². The summed E-state index contributed by atoms with van der Waals surface area (Å²) in [5, 5.41) is 3.74. The minimum atomic E-state index is -0.252. The molecule has 4 rings (SSSR count). The molecule has 25 heavy (non-hydrogen) atoms. The number of hydrogen-bond donors (Lipinski definition) is 1. The number of nitrogens with one attached hydrogen (secondary N) is 1. The number of hydrogen-bond acceptors (Lipinski definition) is 5. The van der Waals surface area contributed by atoms with E-state index in [-0.39, 0.29) is 12.0 Å². The molecular formula is C18H20N4O3. The number of carbonyl (C=O) groups is 1. The van der Waals surface area contributed by atoms with Crippen molar-refractivity contribution in [3.63, 3.8) is 0 Å². The van der Waals surface area contributed by atoms with Gasteiger partial charge in [0.15, 0.2) is 0 Å². The summed E-state index contributed by atoms with van der Waals surface area (Å²) in [6, 6.07) is 1.62. The molecule has 0 spiro atoms. The van der Waals surface area contributed by atoms with Gasteiger partial charge in [0.1, 0.15) is 24.1 Å². The lowest BCUT2D eigenvalue weighted by molar-refractivity contribution is 0.0974. The van der Waals surface area contributed by atoms with Crippen molar-refractivity contribution in [1.29, 1.82) is 0 Å². The number of rotatable bonds is 4. The van der Waals surface area contributed by atoms with Gasteiger partial charge < -0.3 is 19.0 Å². The number of anilines is 1. The summed E-state index contributed by atoms with van der Waals surface area (Å²) >= 11 is 0. The zero-order valence-electron chi connectivity index (χ0n) is 14.3. The summed E-state index contributed by atoms with van der Waals surface area (Å²) < 4.78 is 12.9. The van der Waals surface area contributed by atoms with Crippen LogP contribution in [0.15, 0.2) is 29.3 Å². The Morgan fingerprint density at radius 1 is 1.40 bits per heavy atom. The van der Waals surface area contributed by atoms with Crippen molar-refractivity contribution in [2.45, 2.75) is 39.3 Å². The predicted octanol–water partition coefficient (Wildman–Crippen LogP) is 3.07. The molecule has 1 fully saturated rings. The Kier molecular flexibility index (Phi) is 4.01. The lowest BCUT2D eigenvalue weighted by atomic mass is 10.2. The van der Waals surface area contributed by atoms with Crippen molar-refractivity contribution in [3.05, 3.63) is 41.7 Å². The highest BCUT2D eigenvalue weighted by atomic mass is 16.5. The Hall–Kier alpha value is -2.67. The Morgan fingerprint density at radius 2 is 2.28 bits per heavy atom. The van der Waals surface area contributed by atoms with Crippen molar-refractivity contribution in [2.24, 2.45) is 0 Å². The third kappa shape index (κ3) is 2.80. The van der Waals surface area contributed by atoms with Gasteiger partial charge in [-0.2, -0.15) is 0 Å². The fourth-order valence-corrected chi connectivity index (χ4v) is 3.35. The lowest BCUT2D eigenvalue weighted by Gasteiger charge is -2.13. The van der Waals surface area contributed by atoms with Crippen LogP contribution in [0.2, 0.25) is 0 Å². The van der Waals surface area contributed by atoms with Crippen LogP contribution in [-0.4, -0.2) is 33.2 Å². The number of amides is 1. The topological polar surface area (TPSA) is 82.2 Å². The second-order valence-electron chi connectivity index (χ2n) is 6.34. The van der Waals surface area contributed by atoms with Crippen LogP contribution < -0.4 is 5.32 Å². The Morgan fingerprint density at radius 3 is 3.00 bits per heavy atom. The van der Waals surface area contributed by atoms with Crippen molar-refractivity contribution < 1.29 is 13.9 Å². The molecule has 1 aliphatic heterocycles. The third-order valence-electron chi connectivity index (χ3n) is 4.83. The van der Waals surface area contributed by atoms with E-state index in [2.05, 4.69) is 26.8 Å². The van der Waals surface area contributed by atoms with E-state index in [4.69, 9.17) is 9.15 Å². The molecule has 1 N–H and O–H groups in total. The molecule has 1 atom stereocenters. The highest BCUT2D eigenvalue weighted by Gasteiger charge is 2.22. The summed E-state index contributed by atoms with van der Waals surface area (Å²) in [6.07, 6.45) is 6.74. The molecule has 130 valence electrons. The molecule has 1 unspecified atom stereocenters. The van der Waals surface area contributed by atoms with Gasteiger partial charge in [-0.05, 0) is 38.3 Å². The maximum atomic E-state index is 12.3. The van der Waals surface area contributed by atoms with E-state index in [0.717, 1.165) is 48.3 Å². The van der Waals surface area contributed by atoms with E-state index in [1.54, 1.807) is 6.07 Å². The van der Waals surface area contributed by atoms with E-state index in [9.17, 15) is 4.79 Å². The molecule has 1 amide bonds. The normalized spacial score (nSPS) is 17.3. The largest absolute Gasteiger partial charge is 0.472 e. The van der Waals surface area contributed by atoms with Gasteiger partial charge >= 0.3 is 0 Å². The van der Waals surface area contributed by atoms with Crippen LogP contribution in [0, 0.1) is 13.8 Å². The van der Waals surface area contributed by atoms with E-state index in [0.29, 0.717) is 11.4 Å². The van der Waals surface area contributed by atoms with Crippen LogP contribution in [0.5, 0.6) is 0 Å². The van der Waals surface area contributed by atoms with Gasteiger partial charge in [0.2, 0.25) is 0 Å². The highest BCUT2D eigenvalue weighted by Crippen LogP contribution is 2.30. The molecule has 7 heteroatoms. The van der Waals surface area contributed by atoms with E-state index < -0.39 is 0 Å². The first-order valence-corrected chi connectivity index (χ1v) is 8.40. The molecule has 0 bridgehead atoms. The Bertz CT molecular complexity index is 908. The van der Waals surface area contributed by atoms with Gasteiger partial charge in [0.05, 0.1) is 29.9 Å². The summed E-state index contributed by atoms with van der Waals surface area (Å²) in [4.78, 5) is 21.1. The van der Waals surface area contributed by atoms with Crippen LogP contribution >= 0.6 is 0 Å². The molecule has 0 saturated carbocycles. The third-order valence-corrected chi connectivity index (χ3v) is 4.83. The minimum absolute atomic E-state index is 0.215. The van der Waals surface area contributed by atoms with Gasteiger partial charge in [0.25, 0.3) is 5.91 Å². The zero-order valence-corrected chi connectivity index (χ0v) is 14.3. The van der Waals surface area contributed by atoms with Gasteiger partial charge in [-0.3, -0.25) is 4.79 Å². The van der Waals surface area contributed by atoms with Crippen LogP contribution in [0.3, 0.4) is 0 Å². The Balaban J connectivity index is 1.72. The monoisotopic (exact) mass is 340 g/mol. The first-order valence-electron chi connectivity index (χ1n) is 8.40. The molecular weight excluding hydrogens is 320 g/mol. The van der Waals surface area contributed by atoms with Crippen molar-refractivity contribution in [1.82, 2.24) is 14.5 Å². The Labute approximate surface area is 145 Å². The van der Waals surface area contributed by atoms with Gasteiger partial charge in [-0.25, -0.2) is 9.97 Å². The SMILES string of the molecule is Cc1c(C)n(CC2CCCO2)c2ncnc(NC(=O)c3ccoc3)c12.